The van der Waals surface area contributed by atoms with Gasteiger partial charge in [0, 0.05) is 11.4 Å². The van der Waals surface area contributed by atoms with Crippen molar-refractivity contribution in [2.24, 2.45) is 0 Å². The summed E-state index contributed by atoms with van der Waals surface area (Å²) in [7, 11) is 0. The Kier molecular flexibility index (Phi) is 4.43. The number of ether oxygens (including phenoxy) is 1. The van der Waals surface area contributed by atoms with Crippen LogP contribution in [-0.2, 0) is 6.42 Å². The maximum atomic E-state index is 12.9. The summed E-state index contributed by atoms with van der Waals surface area (Å²) in [5.74, 6) is -0.315. The molecule has 4 nitrogen and oxygen atoms in total. The lowest BCUT2D eigenvalue weighted by Gasteiger charge is -2.35. The van der Waals surface area contributed by atoms with E-state index in [1.54, 1.807) is 40.5 Å². The number of rotatable bonds is 3. The normalized spacial score (nSPS) is 16.9. The van der Waals surface area contributed by atoms with E-state index in [2.05, 4.69) is 4.74 Å². The van der Waals surface area contributed by atoms with E-state index in [0.717, 1.165) is 12.0 Å². The fraction of sp³-hybridized carbons (Fsp3) is 0.211. The molecule has 1 aromatic carbocycles. The van der Waals surface area contributed by atoms with Crippen LogP contribution in [0.1, 0.15) is 32.6 Å². The zero-order chi connectivity index (χ0) is 19.0. The van der Waals surface area contributed by atoms with Gasteiger partial charge in [0.05, 0.1) is 12.3 Å². The third-order valence-corrected chi connectivity index (χ3v) is 5.38. The van der Waals surface area contributed by atoms with Crippen molar-refractivity contribution >= 4 is 17.2 Å². The quantitative estimate of drug-likeness (QED) is 0.627. The summed E-state index contributed by atoms with van der Waals surface area (Å²) in [6, 6.07) is 10.4. The first-order valence-electron chi connectivity index (χ1n) is 8.19. The van der Waals surface area contributed by atoms with Crippen LogP contribution in [0.2, 0.25) is 0 Å². The molecule has 3 heterocycles. The molecule has 8 heteroatoms. The smallest absolute Gasteiger partial charge is 0.459 e. The second-order valence-corrected chi connectivity index (χ2v) is 7.05. The van der Waals surface area contributed by atoms with E-state index >= 15 is 0 Å². The zero-order valence-corrected chi connectivity index (χ0v) is 14.7. The molecule has 1 amide bonds. The van der Waals surface area contributed by atoms with E-state index in [-0.39, 0.29) is 17.4 Å². The SMILES string of the molecule is O=C(c1ccco1)N1CCc2sccc2[C@@H]1c1ccc(OC(F)(F)F)cc1. The van der Waals surface area contributed by atoms with Crippen LogP contribution < -0.4 is 4.74 Å². The van der Waals surface area contributed by atoms with Crippen LogP contribution in [0.5, 0.6) is 5.75 Å². The van der Waals surface area contributed by atoms with E-state index in [4.69, 9.17) is 4.42 Å². The maximum absolute atomic E-state index is 12.9. The average Bonchev–Trinajstić information content (AvgIpc) is 3.31. The molecular formula is C19H14F3NO3S. The minimum atomic E-state index is -4.74. The second kappa shape index (κ2) is 6.77. The highest BCUT2D eigenvalue weighted by molar-refractivity contribution is 7.10. The van der Waals surface area contributed by atoms with E-state index in [9.17, 15) is 18.0 Å². The van der Waals surface area contributed by atoms with E-state index in [1.165, 1.54) is 23.3 Å². The van der Waals surface area contributed by atoms with Gasteiger partial charge in [0.15, 0.2) is 5.76 Å². The minimum Gasteiger partial charge on any atom is -0.459 e. The third kappa shape index (κ3) is 3.57. The second-order valence-electron chi connectivity index (χ2n) is 6.04. The number of carbonyl (C=O) groups excluding carboxylic acids is 1. The first kappa shape index (κ1) is 17.7. The van der Waals surface area contributed by atoms with Crippen molar-refractivity contribution in [3.63, 3.8) is 0 Å². The highest BCUT2D eigenvalue weighted by Crippen LogP contribution is 2.39. The summed E-state index contributed by atoms with van der Waals surface area (Å²) in [5, 5.41) is 1.96. The Balaban J connectivity index is 1.69. The monoisotopic (exact) mass is 393 g/mol. The Labute approximate surface area is 156 Å². The third-order valence-electron chi connectivity index (χ3n) is 4.39. The minimum absolute atomic E-state index is 0.232. The van der Waals surface area contributed by atoms with Crippen molar-refractivity contribution in [1.82, 2.24) is 4.90 Å². The molecule has 0 fully saturated rings. The number of nitrogens with zero attached hydrogens (tertiary/aromatic N) is 1. The van der Waals surface area contributed by atoms with Crippen molar-refractivity contribution in [2.75, 3.05) is 6.54 Å². The van der Waals surface area contributed by atoms with Crippen molar-refractivity contribution in [3.8, 4) is 5.75 Å². The number of hydrogen-bond acceptors (Lipinski definition) is 4. The van der Waals surface area contributed by atoms with Crippen molar-refractivity contribution < 1.29 is 27.1 Å². The van der Waals surface area contributed by atoms with Gasteiger partial charge in [0.2, 0.25) is 0 Å². The number of benzene rings is 1. The van der Waals surface area contributed by atoms with Gasteiger partial charge >= 0.3 is 6.36 Å². The van der Waals surface area contributed by atoms with Gasteiger partial charge in [0.1, 0.15) is 5.75 Å². The van der Waals surface area contributed by atoms with Crippen LogP contribution in [0.4, 0.5) is 13.2 Å². The first-order chi connectivity index (χ1) is 12.9. The highest BCUT2D eigenvalue weighted by Gasteiger charge is 2.35. The molecule has 3 aromatic rings. The van der Waals surface area contributed by atoms with Gasteiger partial charge in [-0.05, 0) is 53.3 Å². The summed E-state index contributed by atoms with van der Waals surface area (Å²) >= 11 is 1.61. The Morgan fingerprint density at radius 2 is 1.96 bits per heavy atom. The molecule has 0 bridgehead atoms. The molecule has 0 unspecified atom stereocenters. The molecular weight excluding hydrogens is 379 g/mol. The molecule has 0 radical (unpaired) electrons. The first-order valence-corrected chi connectivity index (χ1v) is 9.07. The Bertz CT molecular complexity index is 932. The lowest BCUT2D eigenvalue weighted by Crippen LogP contribution is -2.39. The lowest BCUT2D eigenvalue weighted by atomic mass is 9.93. The van der Waals surface area contributed by atoms with Gasteiger partial charge in [-0.3, -0.25) is 4.79 Å². The van der Waals surface area contributed by atoms with E-state index in [0.29, 0.717) is 12.1 Å². The molecule has 140 valence electrons. The number of thiophene rings is 1. The summed E-state index contributed by atoms with van der Waals surface area (Å²) in [5.41, 5.74) is 1.69. The van der Waals surface area contributed by atoms with Crippen molar-refractivity contribution in [1.29, 1.82) is 0 Å². The van der Waals surface area contributed by atoms with Crippen molar-refractivity contribution in [2.45, 2.75) is 18.8 Å². The van der Waals surface area contributed by atoms with Crippen molar-refractivity contribution in [3.05, 3.63) is 75.9 Å². The number of hydrogen-bond donors (Lipinski definition) is 0. The average molecular weight is 393 g/mol. The topological polar surface area (TPSA) is 42.7 Å². The maximum Gasteiger partial charge on any atom is 0.573 e. The lowest BCUT2D eigenvalue weighted by molar-refractivity contribution is -0.274. The van der Waals surface area contributed by atoms with Crippen LogP contribution in [0, 0.1) is 0 Å². The number of fused-ring (bicyclic) bond motifs is 1. The van der Waals surface area contributed by atoms with Crippen LogP contribution >= 0.6 is 11.3 Å². The number of alkyl halides is 3. The Hall–Kier alpha value is -2.74. The summed E-state index contributed by atoms with van der Waals surface area (Å²) in [6.45, 7) is 0.499. The predicted molar refractivity (Wildman–Crippen MR) is 92.7 cm³/mol. The molecule has 4 rings (SSSR count). The molecule has 0 saturated carbocycles. The largest absolute Gasteiger partial charge is 0.573 e. The van der Waals surface area contributed by atoms with Gasteiger partial charge in [-0.2, -0.15) is 0 Å². The molecule has 1 atom stereocenters. The van der Waals surface area contributed by atoms with E-state index in [1.807, 2.05) is 11.4 Å². The summed E-state index contributed by atoms with van der Waals surface area (Å²) in [6.07, 6.45) is -2.58. The standard InChI is InChI=1S/C19H14F3NO3S/c20-19(21,22)26-13-5-3-12(4-6-13)17-14-8-11-27-16(14)7-9-23(17)18(24)15-2-1-10-25-15/h1-6,8,10-11,17H,7,9H2/t17-/m0/s1. The van der Waals surface area contributed by atoms with Crippen LogP contribution in [0.15, 0.2) is 58.5 Å². The highest BCUT2D eigenvalue weighted by atomic mass is 32.1. The Morgan fingerprint density at radius 3 is 2.63 bits per heavy atom. The Morgan fingerprint density at radius 1 is 1.19 bits per heavy atom. The van der Waals surface area contributed by atoms with Crippen LogP contribution in [0.25, 0.3) is 0 Å². The van der Waals surface area contributed by atoms with Gasteiger partial charge in [-0.25, -0.2) is 0 Å². The van der Waals surface area contributed by atoms with Gasteiger partial charge in [0.25, 0.3) is 5.91 Å². The number of carbonyl (C=O) groups is 1. The molecule has 0 spiro atoms. The molecule has 0 aliphatic carbocycles. The number of amides is 1. The molecule has 1 aliphatic heterocycles. The summed E-state index contributed by atoms with van der Waals surface area (Å²) < 4.78 is 46.4. The molecule has 27 heavy (non-hydrogen) atoms. The summed E-state index contributed by atoms with van der Waals surface area (Å²) in [4.78, 5) is 15.7. The zero-order valence-electron chi connectivity index (χ0n) is 13.9. The molecule has 1 aliphatic rings. The molecule has 0 saturated heterocycles. The number of halogens is 3. The molecule has 0 N–H and O–H groups in total. The van der Waals surface area contributed by atoms with Gasteiger partial charge < -0.3 is 14.1 Å². The fourth-order valence-electron chi connectivity index (χ4n) is 3.29. The number of furan rings is 1. The van der Waals surface area contributed by atoms with Gasteiger partial charge in [-0.15, -0.1) is 24.5 Å². The van der Waals surface area contributed by atoms with Gasteiger partial charge in [-0.1, -0.05) is 12.1 Å². The van der Waals surface area contributed by atoms with Crippen LogP contribution in [0.3, 0.4) is 0 Å². The van der Waals surface area contributed by atoms with E-state index < -0.39 is 12.4 Å². The molecule has 2 aromatic heterocycles. The fourth-order valence-corrected chi connectivity index (χ4v) is 4.19. The predicted octanol–water partition coefficient (Wildman–Crippen LogP) is 5.03. The van der Waals surface area contributed by atoms with Crippen LogP contribution in [-0.4, -0.2) is 23.7 Å².